The molecule has 0 aromatic heterocycles. The molecule has 0 amide bonds. The smallest absolute Gasteiger partial charge is 0.361 e. The second kappa shape index (κ2) is 58.1. The van der Waals surface area contributed by atoms with Gasteiger partial charge >= 0.3 is 17.9 Å². The molecule has 1 N–H and O–H groups in total. The van der Waals surface area contributed by atoms with E-state index in [9.17, 15) is 19.5 Å². The first kappa shape index (κ1) is 73.0. The molecule has 0 aromatic carbocycles. The summed E-state index contributed by atoms with van der Waals surface area (Å²) >= 11 is 0. The summed E-state index contributed by atoms with van der Waals surface area (Å²) in [4.78, 5) is 37.4. The Morgan fingerprint density at radius 1 is 0.395 bits per heavy atom. The third-order valence-corrected chi connectivity index (χ3v) is 14.0. The van der Waals surface area contributed by atoms with Crippen molar-refractivity contribution in [2.45, 2.75) is 302 Å². The molecule has 9 heteroatoms. The summed E-state index contributed by atoms with van der Waals surface area (Å²) < 4.78 is 22.9. The Kier molecular flexibility index (Phi) is 55.8. The van der Waals surface area contributed by atoms with Gasteiger partial charge in [0.1, 0.15) is 13.2 Å². The van der Waals surface area contributed by atoms with Gasteiger partial charge in [-0.15, -0.1) is 0 Å². The van der Waals surface area contributed by atoms with Crippen molar-refractivity contribution in [1.29, 1.82) is 0 Å². The van der Waals surface area contributed by atoms with Crippen LogP contribution in [-0.4, -0.2) is 87.4 Å². The lowest BCUT2D eigenvalue weighted by Gasteiger charge is -2.25. The minimum atomic E-state index is -1.51. The zero-order valence-corrected chi connectivity index (χ0v) is 50.4. The second-order valence-corrected chi connectivity index (χ2v) is 22.7. The van der Waals surface area contributed by atoms with E-state index in [2.05, 4.69) is 74.6 Å². The number of unbranched alkanes of at least 4 members (excludes halogenated alkanes) is 34. The van der Waals surface area contributed by atoms with Crippen LogP contribution in [0.4, 0.5) is 0 Å². The fourth-order valence-electron chi connectivity index (χ4n) is 9.04. The number of hydrogen-bond donors (Lipinski definition) is 1. The van der Waals surface area contributed by atoms with E-state index in [1.54, 1.807) is 0 Å². The van der Waals surface area contributed by atoms with Gasteiger partial charge < -0.3 is 28.5 Å². The summed E-state index contributed by atoms with van der Waals surface area (Å²) in [6.45, 7) is 4.83. The summed E-state index contributed by atoms with van der Waals surface area (Å²) in [7, 11) is 5.97. The molecule has 0 saturated carbocycles. The molecule has 0 aliphatic heterocycles. The number of allylic oxidation sites excluding steroid dienone is 10. The number of carbonyl (C=O) groups excluding carboxylic acids is 2. The van der Waals surface area contributed by atoms with Crippen molar-refractivity contribution in [3.05, 3.63) is 60.8 Å². The van der Waals surface area contributed by atoms with E-state index >= 15 is 0 Å². The molecule has 0 heterocycles. The summed E-state index contributed by atoms with van der Waals surface area (Å²) in [5.41, 5.74) is 0. The largest absolute Gasteiger partial charge is 0.477 e. The van der Waals surface area contributed by atoms with E-state index in [-0.39, 0.29) is 38.6 Å². The fraction of sp³-hybridized carbons (Fsp3) is 0.806. The number of hydrogen-bond acceptors (Lipinski definition) is 7. The summed E-state index contributed by atoms with van der Waals surface area (Å²) in [6.07, 6.45) is 71.9. The first-order valence-electron chi connectivity index (χ1n) is 32.0. The molecule has 0 fully saturated rings. The molecule has 0 aromatic rings. The van der Waals surface area contributed by atoms with Gasteiger partial charge in [0, 0.05) is 12.8 Å². The topological polar surface area (TPSA) is 108 Å². The summed E-state index contributed by atoms with van der Waals surface area (Å²) in [5.74, 6) is -2.01. The van der Waals surface area contributed by atoms with Gasteiger partial charge in [0.2, 0.25) is 0 Å². The van der Waals surface area contributed by atoms with E-state index in [0.717, 1.165) is 77.0 Å². The van der Waals surface area contributed by atoms with Crippen LogP contribution in [0.15, 0.2) is 60.8 Å². The van der Waals surface area contributed by atoms with Crippen molar-refractivity contribution in [3.63, 3.8) is 0 Å². The van der Waals surface area contributed by atoms with Crippen LogP contribution in [0.2, 0.25) is 0 Å². The van der Waals surface area contributed by atoms with Gasteiger partial charge in [-0.1, -0.05) is 261 Å². The highest BCUT2D eigenvalue weighted by atomic mass is 16.7. The fourth-order valence-corrected chi connectivity index (χ4v) is 9.04. The van der Waals surface area contributed by atoms with Crippen LogP contribution in [0.5, 0.6) is 0 Å². The Bertz CT molecular complexity index is 1430. The average Bonchev–Trinajstić information content (AvgIpc) is 3.39. The number of likely N-dealkylation sites (N-methyl/N-ethyl adjacent to an activating group) is 1. The first-order valence-corrected chi connectivity index (χ1v) is 32.0. The number of rotatable bonds is 59. The lowest BCUT2D eigenvalue weighted by molar-refractivity contribution is -0.870. The summed E-state index contributed by atoms with van der Waals surface area (Å²) in [6, 6.07) is 0. The minimum Gasteiger partial charge on any atom is -0.477 e. The molecule has 0 bridgehead atoms. The van der Waals surface area contributed by atoms with E-state index in [4.69, 9.17) is 18.9 Å². The van der Waals surface area contributed by atoms with E-state index < -0.39 is 24.3 Å². The SMILES string of the molecule is CCCC/C=C\C/C=C\CCCCCCCC(=O)OCC(COC(OCC[N+](C)(C)C)C(=O)O)OC(=O)CCCCCCCCCCCCCCCCCCCCCCCC/C=C\C/C=C\C/C=C\CCCCCCC. The van der Waals surface area contributed by atoms with Gasteiger partial charge in [-0.2, -0.15) is 0 Å². The van der Waals surface area contributed by atoms with E-state index in [0.29, 0.717) is 11.0 Å². The third-order valence-electron chi connectivity index (χ3n) is 14.0. The number of nitrogens with zero attached hydrogens (tertiary/aromatic N) is 1. The number of aliphatic carboxylic acids is 1. The Hall–Kier alpha value is -3.01. The third kappa shape index (κ3) is 58.7. The molecular formula is C67H122NO8+. The van der Waals surface area contributed by atoms with Crippen molar-refractivity contribution in [3.8, 4) is 0 Å². The molecule has 9 nitrogen and oxygen atoms in total. The maximum absolute atomic E-state index is 12.9. The molecular weight excluding hydrogens is 947 g/mol. The standard InChI is InChI=1S/C67H121NO8/c1-6-8-10-12-14-16-18-20-22-23-24-25-26-27-28-29-30-31-32-33-34-35-36-37-38-39-40-41-42-43-44-46-48-50-52-54-56-58-65(70)76-63(62-75-67(66(71)72)73-60-59-68(3,4)5)61-74-64(69)57-55-53-51-49-47-45-21-19-17-15-13-11-9-7-2/h13,15,18-21,23-24,26-27,63,67H,6-12,14,16-17,22,25,28-62H2,1-5H3/p+1/b15-13-,20-18-,21-19-,24-23-,27-26-. The van der Waals surface area contributed by atoms with Crippen molar-refractivity contribution >= 4 is 17.9 Å². The Morgan fingerprint density at radius 3 is 1.09 bits per heavy atom. The Morgan fingerprint density at radius 2 is 0.724 bits per heavy atom. The average molecular weight is 1070 g/mol. The molecule has 0 spiro atoms. The van der Waals surface area contributed by atoms with E-state index in [1.807, 2.05) is 21.1 Å². The lowest BCUT2D eigenvalue weighted by atomic mass is 10.0. The van der Waals surface area contributed by atoms with Crippen molar-refractivity contribution in [2.75, 3.05) is 47.5 Å². The Balaban J connectivity index is 4.00. The van der Waals surface area contributed by atoms with Crippen LogP contribution in [0.25, 0.3) is 0 Å². The van der Waals surface area contributed by atoms with Crippen molar-refractivity contribution in [2.24, 2.45) is 0 Å². The van der Waals surface area contributed by atoms with Gasteiger partial charge in [0.25, 0.3) is 6.29 Å². The number of carbonyl (C=O) groups is 3. The van der Waals surface area contributed by atoms with Crippen molar-refractivity contribution in [1.82, 2.24) is 0 Å². The molecule has 76 heavy (non-hydrogen) atoms. The maximum Gasteiger partial charge on any atom is 0.361 e. The van der Waals surface area contributed by atoms with Gasteiger partial charge in [0.05, 0.1) is 34.4 Å². The van der Waals surface area contributed by atoms with Crippen LogP contribution in [-0.2, 0) is 33.3 Å². The van der Waals surface area contributed by atoms with Crippen LogP contribution in [0.3, 0.4) is 0 Å². The first-order chi connectivity index (χ1) is 37.1. The van der Waals surface area contributed by atoms with Crippen LogP contribution < -0.4 is 0 Å². The number of quaternary nitrogens is 1. The summed E-state index contributed by atoms with van der Waals surface area (Å²) in [5, 5.41) is 9.70. The van der Waals surface area contributed by atoms with Gasteiger partial charge in [-0.3, -0.25) is 9.59 Å². The number of ether oxygens (including phenoxy) is 4. The lowest BCUT2D eigenvalue weighted by Crippen LogP contribution is -2.40. The quantitative estimate of drug-likeness (QED) is 0.0211. The number of carboxylic acid groups (broad SMARTS) is 1. The van der Waals surface area contributed by atoms with E-state index in [1.165, 1.54) is 186 Å². The normalized spacial score (nSPS) is 13.1. The highest BCUT2D eigenvalue weighted by molar-refractivity contribution is 5.71. The minimum absolute atomic E-state index is 0.185. The molecule has 0 aliphatic carbocycles. The Labute approximate surface area is 469 Å². The highest BCUT2D eigenvalue weighted by Gasteiger charge is 2.25. The van der Waals surface area contributed by atoms with Gasteiger partial charge in [0.15, 0.2) is 6.10 Å². The number of esters is 2. The zero-order chi connectivity index (χ0) is 55.5. The van der Waals surface area contributed by atoms with Crippen LogP contribution >= 0.6 is 0 Å². The van der Waals surface area contributed by atoms with Gasteiger partial charge in [-0.05, 0) is 77.0 Å². The predicted molar refractivity (Wildman–Crippen MR) is 323 cm³/mol. The van der Waals surface area contributed by atoms with Gasteiger partial charge in [-0.25, -0.2) is 4.79 Å². The second-order valence-electron chi connectivity index (χ2n) is 22.7. The molecule has 0 rings (SSSR count). The predicted octanol–water partition coefficient (Wildman–Crippen LogP) is 19.2. The molecule has 0 aliphatic rings. The van der Waals surface area contributed by atoms with Crippen LogP contribution in [0, 0.1) is 0 Å². The molecule has 0 radical (unpaired) electrons. The maximum atomic E-state index is 12.9. The van der Waals surface area contributed by atoms with Crippen molar-refractivity contribution < 1.29 is 42.9 Å². The molecule has 2 atom stereocenters. The molecule has 0 saturated heterocycles. The molecule has 2 unspecified atom stereocenters. The highest BCUT2D eigenvalue weighted by Crippen LogP contribution is 2.17. The molecule has 442 valence electrons. The van der Waals surface area contributed by atoms with Crippen LogP contribution in [0.1, 0.15) is 290 Å². The number of carboxylic acids is 1. The zero-order valence-electron chi connectivity index (χ0n) is 50.4. The monoisotopic (exact) mass is 1070 g/mol.